The maximum absolute atomic E-state index is 13.9. The molecule has 5 aromatic rings. The van der Waals surface area contributed by atoms with Gasteiger partial charge in [0, 0.05) is 55.8 Å². The maximum atomic E-state index is 13.9. The van der Waals surface area contributed by atoms with E-state index in [9.17, 15) is 4.79 Å². The summed E-state index contributed by atoms with van der Waals surface area (Å²) in [6.45, 7) is 12.9. The SMILES string of the molecule is C[C@H]1CCCCN1c1nnc2ccc(O[C@@H]3CC[C@H](NC(=O)Nc4cc(C(C)(C)C)nn4-c4cccc(CN5C[C@@H]6C[C@H]5CN6C)c4)c4ccccc43)cn12. The largest absolute Gasteiger partial charge is 0.484 e. The molecule has 288 valence electrons. The molecule has 2 bridgehead atoms. The van der Waals surface area contributed by atoms with E-state index in [1.54, 1.807) is 0 Å². The molecule has 3 saturated heterocycles. The highest BCUT2D eigenvalue weighted by Gasteiger charge is 2.41. The van der Waals surface area contributed by atoms with Gasteiger partial charge in [0.2, 0.25) is 5.95 Å². The van der Waals surface area contributed by atoms with Gasteiger partial charge in [-0.05, 0) is 93.5 Å². The molecule has 2 amide bonds. The second kappa shape index (κ2) is 14.3. The number of likely N-dealkylation sites (tertiary alicyclic amines) is 2. The van der Waals surface area contributed by atoms with Crippen LogP contribution >= 0.6 is 0 Å². The van der Waals surface area contributed by atoms with Gasteiger partial charge < -0.3 is 19.9 Å². The van der Waals surface area contributed by atoms with E-state index < -0.39 is 0 Å². The molecule has 3 aromatic heterocycles. The van der Waals surface area contributed by atoms with Crippen LogP contribution in [0.2, 0.25) is 0 Å². The second-order valence-corrected chi connectivity index (χ2v) is 17.3. The third-order valence-corrected chi connectivity index (χ3v) is 12.3. The van der Waals surface area contributed by atoms with Crippen LogP contribution in [0, 0.1) is 0 Å². The van der Waals surface area contributed by atoms with Crippen molar-refractivity contribution in [2.45, 2.75) is 108 Å². The predicted molar refractivity (Wildman–Crippen MR) is 215 cm³/mol. The number of aromatic nitrogens is 5. The third-order valence-electron chi connectivity index (χ3n) is 12.3. The van der Waals surface area contributed by atoms with Crippen LogP contribution in [0.15, 0.2) is 72.9 Å². The molecule has 0 radical (unpaired) electrons. The van der Waals surface area contributed by atoms with Crippen LogP contribution in [0.1, 0.15) is 101 Å². The molecule has 2 aromatic carbocycles. The zero-order valence-corrected chi connectivity index (χ0v) is 32.8. The predicted octanol–water partition coefficient (Wildman–Crippen LogP) is 7.26. The summed E-state index contributed by atoms with van der Waals surface area (Å²) in [5.41, 5.74) is 5.88. The van der Waals surface area contributed by atoms with Crippen molar-refractivity contribution in [1.29, 1.82) is 0 Å². The molecule has 12 heteroatoms. The fraction of sp³-hybridized carbons (Fsp3) is 0.488. The van der Waals surface area contributed by atoms with Gasteiger partial charge in [-0.25, -0.2) is 9.48 Å². The first-order valence-corrected chi connectivity index (χ1v) is 20.2. The number of urea groups is 1. The van der Waals surface area contributed by atoms with Crippen molar-refractivity contribution in [3.63, 3.8) is 0 Å². The molecule has 5 atom stereocenters. The lowest BCUT2D eigenvalue weighted by molar-refractivity contribution is 0.143. The van der Waals surface area contributed by atoms with Crippen LogP contribution in [0.25, 0.3) is 11.3 Å². The summed E-state index contributed by atoms with van der Waals surface area (Å²) < 4.78 is 10.7. The Balaban J connectivity index is 0.910. The molecule has 0 spiro atoms. The maximum Gasteiger partial charge on any atom is 0.320 e. The van der Waals surface area contributed by atoms with Crippen molar-refractivity contribution in [2.75, 3.05) is 36.9 Å². The fourth-order valence-corrected chi connectivity index (χ4v) is 9.21. The number of ether oxygens (including phenoxy) is 1. The summed E-state index contributed by atoms with van der Waals surface area (Å²) in [6, 6.07) is 24.1. The monoisotopic (exact) mass is 742 g/mol. The van der Waals surface area contributed by atoms with E-state index in [4.69, 9.17) is 9.84 Å². The Morgan fingerprint density at radius 2 is 1.78 bits per heavy atom. The first-order valence-electron chi connectivity index (χ1n) is 20.2. The molecule has 1 aliphatic carbocycles. The molecule has 4 aliphatic rings. The Bertz CT molecular complexity index is 2190. The molecular formula is C43H54N10O2. The number of likely N-dealkylation sites (N-methyl/N-ethyl adjacent to an activating group) is 1. The average Bonchev–Trinajstić information content (AvgIpc) is 3.96. The molecule has 0 saturated carbocycles. The van der Waals surface area contributed by atoms with Gasteiger partial charge in [-0.3, -0.25) is 14.6 Å². The van der Waals surface area contributed by atoms with Crippen LogP contribution in [-0.2, 0) is 12.0 Å². The van der Waals surface area contributed by atoms with Crippen LogP contribution in [0.4, 0.5) is 16.6 Å². The minimum absolute atomic E-state index is 0.150. The van der Waals surface area contributed by atoms with Crippen LogP contribution in [0.5, 0.6) is 5.75 Å². The molecule has 0 unspecified atom stereocenters. The lowest BCUT2D eigenvalue weighted by Gasteiger charge is -2.33. The van der Waals surface area contributed by atoms with Crippen molar-refractivity contribution in [3.05, 3.63) is 95.3 Å². The minimum atomic E-state index is -0.258. The first kappa shape index (κ1) is 35.7. The number of nitrogens with one attached hydrogen (secondary N) is 2. The van der Waals surface area contributed by atoms with Crippen LogP contribution < -0.4 is 20.3 Å². The van der Waals surface area contributed by atoms with E-state index in [1.807, 2.05) is 41.2 Å². The first-order chi connectivity index (χ1) is 26.6. The summed E-state index contributed by atoms with van der Waals surface area (Å²) >= 11 is 0. The Kier molecular flexibility index (Phi) is 9.28. The van der Waals surface area contributed by atoms with Crippen LogP contribution in [-0.4, -0.2) is 85.0 Å². The molecule has 55 heavy (non-hydrogen) atoms. The average molecular weight is 743 g/mol. The van der Waals surface area contributed by atoms with E-state index in [0.29, 0.717) is 23.9 Å². The second-order valence-electron chi connectivity index (χ2n) is 17.3. The summed E-state index contributed by atoms with van der Waals surface area (Å²) in [7, 11) is 2.24. The van der Waals surface area contributed by atoms with Gasteiger partial charge in [0.05, 0.1) is 23.6 Å². The minimum Gasteiger partial charge on any atom is -0.484 e. The lowest BCUT2D eigenvalue weighted by atomic mass is 9.85. The Morgan fingerprint density at radius 3 is 2.56 bits per heavy atom. The number of hydrogen-bond acceptors (Lipinski definition) is 8. The van der Waals surface area contributed by atoms with E-state index in [2.05, 4.69) is 111 Å². The summed E-state index contributed by atoms with van der Waals surface area (Å²) in [6.07, 6.45) is 8.19. The number of piperidine rings is 1. The number of nitrogens with zero attached hydrogens (tertiary/aromatic N) is 8. The highest BCUT2D eigenvalue weighted by molar-refractivity contribution is 5.89. The number of piperazine rings is 1. The van der Waals surface area contributed by atoms with Gasteiger partial charge >= 0.3 is 6.03 Å². The number of carbonyl (C=O) groups excluding carboxylic acids is 1. The fourth-order valence-electron chi connectivity index (χ4n) is 9.21. The summed E-state index contributed by atoms with van der Waals surface area (Å²) in [5, 5.41) is 20.5. The molecule has 3 fully saturated rings. The van der Waals surface area contributed by atoms with Crippen LogP contribution in [0.3, 0.4) is 0 Å². The number of anilines is 2. The number of pyridine rings is 1. The topological polar surface area (TPSA) is 108 Å². The van der Waals surface area contributed by atoms with Gasteiger partial charge in [0.1, 0.15) is 17.7 Å². The van der Waals surface area contributed by atoms with Crippen molar-refractivity contribution in [3.8, 4) is 11.4 Å². The normalized spacial score (nSPS) is 24.3. The standard InChI is InChI=1S/C43H54N10O2/c1-28-11-8-9-20-51(28)42-47-46-39-19-16-33(27-52(39)42)55-37-18-17-36(34-14-6-7-15-35(34)37)44-41(54)45-40-23-38(43(2,3)4)48-53(40)30-13-10-12-29(21-30)24-50-26-31-22-32(50)25-49(31)5/h6-7,10,12-16,19,21,23,27-28,31-32,36-37H,8-9,11,17-18,20,22,24-26H2,1-5H3,(H2,44,45,54)/t28-,31-,32-,36-,37+/m0/s1. The molecule has 3 aliphatic heterocycles. The van der Waals surface area contributed by atoms with E-state index >= 15 is 0 Å². The van der Waals surface area contributed by atoms with Gasteiger partial charge in [-0.2, -0.15) is 5.10 Å². The van der Waals surface area contributed by atoms with Crippen molar-refractivity contribution in [2.24, 2.45) is 0 Å². The zero-order chi connectivity index (χ0) is 37.8. The van der Waals surface area contributed by atoms with Gasteiger partial charge in [0.15, 0.2) is 5.65 Å². The lowest BCUT2D eigenvalue weighted by Crippen LogP contribution is -2.43. The highest BCUT2D eigenvalue weighted by atomic mass is 16.5. The number of hydrogen-bond donors (Lipinski definition) is 2. The Hall–Kier alpha value is -4.94. The number of rotatable bonds is 8. The molecule has 6 heterocycles. The molecule has 12 nitrogen and oxygen atoms in total. The highest BCUT2D eigenvalue weighted by Crippen LogP contribution is 2.39. The number of carbonyl (C=O) groups is 1. The van der Waals surface area contributed by atoms with Crippen molar-refractivity contribution < 1.29 is 9.53 Å². The zero-order valence-electron chi connectivity index (χ0n) is 32.8. The molecule has 2 N–H and O–H groups in total. The summed E-state index contributed by atoms with van der Waals surface area (Å²) in [5.74, 6) is 2.29. The number of amides is 2. The molecular weight excluding hydrogens is 689 g/mol. The quantitative estimate of drug-likeness (QED) is 0.171. The number of benzene rings is 2. The van der Waals surface area contributed by atoms with E-state index in [0.717, 1.165) is 91.7 Å². The smallest absolute Gasteiger partial charge is 0.320 e. The van der Waals surface area contributed by atoms with Crippen molar-refractivity contribution in [1.82, 2.24) is 39.5 Å². The third kappa shape index (κ3) is 7.06. The van der Waals surface area contributed by atoms with Gasteiger partial charge in [-0.15, -0.1) is 10.2 Å². The van der Waals surface area contributed by atoms with Gasteiger partial charge in [-0.1, -0.05) is 57.2 Å². The van der Waals surface area contributed by atoms with Gasteiger partial charge in [0.25, 0.3) is 0 Å². The number of fused-ring (bicyclic) bond motifs is 4. The van der Waals surface area contributed by atoms with E-state index in [-0.39, 0.29) is 23.6 Å². The summed E-state index contributed by atoms with van der Waals surface area (Å²) in [4.78, 5) is 21.3. The Labute approximate surface area is 323 Å². The molecule has 9 rings (SSSR count). The Morgan fingerprint density at radius 1 is 0.927 bits per heavy atom. The van der Waals surface area contributed by atoms with Crippen molar-refractivity contribution >= 4 is 23.4 Å². The van der Waals surface area contributed by atoms with E-state index in [1.165, 1.54) is 18.4 Å².